The van der Waals surface area contributed by atoms with Gasteiger partial charge in [-0.1, -0.05) is 0 Å². The third-order valence-corrected chi connectivity index (χ3v) is 5.45. The molecule has 26 heavy (non-hydrogen) atoms. The Hall–Kier alpha value is -2.48. The zero-order chi connectivity index (χ0) is 17.8. The van der Waals surface area contributed by atoms with E-state index in [4.69, 9.17) is 0 Å². The average molecular weight is 370 g/mol. The molecular formula is C18H22N6OS. The van der Waals surface area contributed by atoms with Gasteiger partial charge in [-0.25, -0.2) is 9.97 Å². The Morgan fingerprint density at radius 1 is 1.27 bits per heavy atom. The minimum atomic E-state index is 0.197. The molecule has 0 N–H and O–H groups in total. The molecule has 8 heteroatoms. The summed E-state index contributed by atoms with van der Waals surface area (Å²) in [5.41, 5.74) is 2.91. The molecule has 0 aliphatic carbocycles. The quantitative estimate of drug-likeness (QED) is 0.668. The summed E-state index contributed by atoms with van der Waals surface area (Å²) in [6.07, 6.45) is 10.1. The van der Waals surface area contributed by atoms with Crippen molar-refractivity contribution >= 4 is 17.2 Å². The minimum absolute atomic E-state index is 0.197. The number of amides is 1. The zero-order valence-electron chi connectivity index (χ0n) is 14.6. The number of thiazole rings is 1. The van der Waals surface area contributed by atoms with Crippen LogP contribution in [-0.2, 0) is 17.9 Å². The second-order valence-electron chi connectivity index (χ2n) is 6.59. The highest BCUT2D eigenvalue weighted by Crippen LogP contribution is 2.26. The van der Waals surface area contributed by atoms with Crippen LogP contribution < -0.4 is 0 Å². The maximum atomic E-state index is 12.6. The Labute approximate surface area is 156 Å². The molecule has 0 radical (unpaired) electrons. The van der Waals surface area contributed by atoms with Gasteiger partial charge in [0.15, 0.2) is 0 Å². The first-order valence-corrected chi connectivity index (χ1v) is 9.87. The van der Waals surface area contributed by atoms with Crippen LogP contribution in [0.3, 0.4) is 0 Å². The maximum absolute atomic E-state index is 12.6. The Morgan fingerprint density at radius 2 is 2.23 bits per heavy atom. The first-order valence-electron chi connectivity index (χ1n) is 8.93. The highest BCUT2D eigenvalue weighted by molar-refractivity contribution is 7.07. The van der Waals surface area contributed by atoms with Gasteiger partial charge < -0.3 is 9.47 Å². The van der Waals surface area contributed by atoms with Gasteiger partial charge in [0.1, 0.15) is 5.82 Å². The average Bonchev–Trinajstić information content (AvgIpc) is 3.43. The van der Waals surface area contributed by atoms with Crippen molar-refractivity contribution in [2.45, 2.75) is 38.3 Å². The number of hydrogen-bond acceptors (Lipinski definition) is 5. The Kier molecular flexibility index (Phi) is 5.10. The van der Waals surface area contributed by atoms with E-state index in [1.54, 1.807) is 22.2 Å². The van der Waals surface area contributed by atoms with E-state index in [9.17, 15) is 4.79 Å². The second kappa shape index (κ2) is 7.82. The first-order chi connectivity index (χ1) is 12.8. The van der Waals surface area contributed by atoms with E-state index in [1.807, 2.05) is 35.1 Å². The molecule has 3 aromatic heterocycles. The molecule has 1 amide bonds. The number of nitrogens with zero attached hydrogens (tertiary/aromatic N) is 6. The SMILES string of the molecule is O=C(CCn1cccn1)N1CCC[C@H](c2nccn2Cc2cscn2)C1. The third kappa shape index (κ3) is 3.85. The number of aromatic nitrogens is 5. The van der Waals surface area contributed by atoms with Crippen LogP contribution in [0.5, 0.6) is 0 Å². The summed E-state index contributed by atoms with van der Waals surface area (Å²) in [6.45, 7) is 2.95. The van der Waals surface area contributed by atoms with Crippen molar-refractivity contribution in [1.29, 1.82) is 0 Å². The predicted octanol–water partition coefficient (Wildman–Crippen LogP) is 2.38. The van der Waals surface area contributed by atoms with Gasteiger partial charge in [-0.15, -0.1) is 11.3 Å². The number of imidazole rings is 1. The molecule has 7 nitrogen and oxygen atoms in total. The van der Waals surface area contributed by atoms with Crippen molar-refractivity contribution in [2.24, 2.45) is 0 Å². The van der Waals surface area contributed by atoms with Crippen molar-refractivity contribution < 1.29 is 4.79 Å². The van der Waals surface area contributed by atoms with E-state index in [0.29, 0.717) is 13.0 Å². The van der Waals surface area contributed by atoms with Crippen LogP contribution >= 0.6 is 11.3 Å². The molecule has 0 aromatic carbocycles. The molecule has 0 spiro atoms. The summed E-state index contributed by atoms with van der Waals surface area (Å²) in [5, 5.41) is 6.23. The van der Waals surface area contributed by atoms with Gasteiger partial charge in [0.25, 0.3) is 0 Å². The fourth-order valence-corrected chi connectivity index (χ4v) is 4.07. The molecule has 1 fully saturated rings. The lowest BCUT2D eigenvalue weighted by molar-refractivity contribution is -0.132. The zero-order valence-corrected chi connectivity index (χ0v) is 15.4. The number of rotatable bonds is 6. The largest absolute Gasteiger partial charge is 0.342 e. The molecular weight excluding hydrogens is 348 g/mol. The van der Waals surface area contributed by atoms with E-state index in [2.05, 4.69) is 25.0 Å². The summed E-state index contributed by atoms with van der Waals surface area (Å²) in [7, 11) is 0. The molecule has 0 bridgehead atoms. The van der Waals surface area contributed by atoms with Crippen LogP contribution in [0.1, 0.15) is 36.7 Å². The fourth-order valence-electron chi connectivity index (χ4n) is 3.52. The lowest BCUT2D eigenvalue weighted by Crippen LogP contribution is -2.40. The van der Waals surface area contributed by atoms with Crippen LogP contribution in [0.25, 0.3) is 0 Å². The number of carbonyl (C=O) groups excluding carboxylic acids is 1. The highest BCUT2D eigenvalue weighted by atomic mass is 32.1. The van der Waals surface area contributed by atoms with Crippen LogP contribution in [0, 0.1) is 0 Å². The van der Waals surface area contributed by atoms with Gasteiger partial charge in [-0.2, -0.15) is 5.10 Å². The molecule has 4 heterocycles. The summed E-state index contributed by atoms with van der Waals surface area (Å²) < 4.78 is 3.97. The topological polar surface area (TPSA) is 68.8 Å². The summed E-state index contributed by atoms with van der Waals surface area (Å²) >= 11 is 1.61. The standard InChI is InChI=1S/C18H22N6OS/c25-17(4-9-24-8-2-5-21-24)22-7-1-3-15(11-22)18-19-6-10-23(18)12-16-13-26-14-20-16/h2,5-6,8,10,13-15H,1,3-4,7,9,11-12H2/t15-/m0/s1. The second-order valence-corrected chi connectivity index (χ2v) is 7.31. The van der Waals surface area contributed by atoms with Gasteiger partial charge in [0.2, 0.25) is 5.91 Å². The summed E-state index contributed by atoms with van der Waals surface area (Å²) in [4.78, 5) is 23.5. The maximum Gasteiger partial charge on any atom is 0.224 e. The Morgan fingerprint density at radius 3 is 3.04 bits per heavy atom. The molecule has 0 unspecified atom stereocenters. The molecule has 1 atom stereocenters. The smallest absolute Gasteiger partial charge is 0.224 e. The Bertz CT molecular complexity index is 826. The summed E-state index contributed by atoms with van der Waals surface area (Å²) in [5.74, 6) is 1.54. The van der Waals surface area contributed by atoms with Crippen LogP contribution in [0.2, 0.25) is 0 Å². The van der Waals surface area contributed by atoms with Crippen molar-refractivity contribution in [3.05, 3.63) is 53.3 Å². The summed E-state index contributed by atoms with van der Waals surface area (Å²) in [6, 6.07) is 1.88. The number of hydrogen-bond donors (Lipinski definition) is 0. The molecule has 3 aromatic rings. The van der Waals surface area contributed by atoms with Gasteiger partial charge in [0.05, 0.1) is 17.7 Å². The fraction of sp³-hybridized carbons (Fsp3) is 0.444. The van der Waals surface area contributed by atoms with E-state index in [1.165, 1.54) is 0 Å². The molecule has 4 rings (SSSR count). The number of aryl methyl sites for hydroxylation is 1. The highest BCUT2D eigenvalue weighted by Gasteiger charge is 2.27. The lowest BCUT2D eigenvalue weighted by Gasteiger charge is -2.32. The number of likely N-dealkylation sites (tertiary alicyclic amines) is 1. The van der Waals surface area contributed by atoms with E-state index < -0.39 is 0 Å². The van der Waals surface area contributed by atoms with Crippen LogP contribution in [0.4, 0.5) is 0 Å². The third-order valence-electron chi connectivity index (χ3n) is 4.82. The molecule has 0 saturated carbocycles. The van der Waals surface area contributed by atoms with Crippen molar-refractivity contribution in [3.63, 3.8) is 0 Å². The minimum Gasteiger partial charge on any atom is -0.342 e. The van der Waals surface area contributed by atoms with Crippen molar-refractivity contribution in [2.75, 3.05) is 13.1 Å². The van der Waals surface area contributed by atoms with E-state index in [-0.39, 0.29) is 11.8 Å². The van der Waals surface area contributed by atoms with Crippen LogP contribution in [-0.4, -0.2) is 48.2 Å². The normalized spacial score (nSPS) is 17.5. The molecule has 1 aliphatic heterocycles. The first kappa shape index (κ1) is 17.0. The van der Waals surface area contributed by atoms with Crippen molar-refractivity contribution in [1.82, 2.24) is 29.2 Å². The van der Waals surface area contributed by atoms with Gasteiger partial charge in [-0.05, 0) is 18.9 Å². The van der Waals surface area contributed by atoms with Gasteiger partial charge in [-0.3, -0.25) is 9.48 Å². The van der Waals surface area contributed by atoms with Gasteiger partial charge in [0, 0.05) is 62.1 Å². The van der Waals surface area contributed by atoms with Gasteiger partial charge >= 0.3 is 0 Å². The number of piperidine rings is 1. The van der Waals surface area contributed by atoms with E-state index in [0.717, 1.165) is 44.0 Å². The molecule has 136 valence electrons. The number of carbonyl (C=O) groups is 1. The van der Waals surface area contributed by atoms with E-state index >= 15 is 0 Å². The predicted molar refractivity (Wildman–Crippen MR) is 98.8 cm³/mol. The monoisotopic (exact) mass is 370 g/mol. The molecule has 1 saturated heterocycles. The molecule has 1 aliphatic rings. The van der Waals surface area contributed by atoms with Crippen molar-refractivity contribution in [3.8, 4) is 0 Å². The lowest BCUT2D eigenvalue weighted by atomic mass is 9.96. The Balaban J connectivity index is 1.39. The van der Waals surface area contributed by atoms with Crippen LogP contribution in [0.15, 0.2) is 41.7 Å².